The van der Waals surface area contributed by atoms with Crippen molar-refractivity contribution in [3.8, 4) is 5.88 Å². The third kappa shape index (κ3) is 4.14. The molecule has 1 aliphatic rings. The van der Waals surface area contributed by atoms with Gasteiger partial charge in [0.25, 0.3) is 5.91 Å². The van der Waals surface area contributed by atoms with Crippen LogP contribution in [0.3, 0.4) is 0 Å². The zero-order valence-corrected chi connectivity index (χ0v) is 13.7. The number of nitrogens with one attached hydrogen (secondary N) is 1. The molecular weight excluding hydrogens is 339 g/mol. The van der Waals surface area contributed by atoms with Gasteiger partial charge in [-0.25, -0.2) is 9.37 Å². The first-order valence-electron chi connectivity index (χ1n) is 7.08. The number of thioether (sulfide) groups is 1. The highest BCUT2D eigenvalue weighted by Crippen LogP contribution is 2.23. The number of rotatable bonds is 4. The van der Waals surface area contributed by atoms with E-state index in [4.69, 9.17) is 16.3 Å². The van der Waals surface area contributed by atoms with Crippen LogP contribution in [-0.2, 0) is 0 Å². The van der Waals surface area contributed by atoms with E-state index in [0.29, 0.717) is 17.1 Å². The Labute approximate surface area is 142 Å². The van der Waals surface area contributed by atoms with E-state index >= 15 is 0 Å². The highest BCUT2D eigenvalue weighted by molar-refractivity contribution is 7.99. The fourth-order valence-electron chi connectivity index (χ4n) is 2.17. The molecule has 0 saturated carbocycles. The number of amides is 1. The number of aromatic nitrogens is 1. The van der Waals surface area contributed by atoms with Gasteiger partial charge in [0.1, 0.15) is 11.9 Å². The van der Waals surface area contributed by atoms with E-state index in [1.807, 2.05) is 11.8 Å². The second-order valence-electron chi connectivity index (χ2n) is 5.07. The van der Waals surface area contributed by atoms with Crippen molar-refractivity contribution < 1.29 is 13.9 Å². The molecule has 1 atom stereocenters. The van der Waals surface area contributed by atoms with Crippen LogP contribution in [0.4, 0.5) is 10.1 Å². The number of benzene rings is 1. The number of nitrogens with zero attached hydrogens (tertiary/aromatic N) is 1. The average molecular weight is 353 g/mol. The molecule has 120 valence electrons. The van der Waals surface area contributed by atoms with Crippen molar-refractivity contribution in [2.24, 2.45) is 0 Å². The normalized spacial score (nSPS) is 17.0. The molecule has 1 saturated heterocycles. The van der Waals surface area contributed by atoms with Crippen molar-refractivity contribution in [2.45, 2.75) is 12.5 Å². The Morgan fingerprint density at radius 3 is 3.00 bits per heavy atom. The van der Waals surface area contributed by atoms with Crippen LogP contribution in [0.1, 0.15) is 16.8 Å². The smallest absolute Gasteiger partial charge is 0.255 e. The number of hydrogen-bond acceptors (Lipinski definition) is 4. The predicted octanol–water partition coefficient (Wildman–Crippen LogP) is 4.01. The maximum Gasteiger partial charge on any atom is 0.255 e. The van der Waals surface area contributed by atoms with Gasteiger partial charge < -0.3 is 10.1 Å². The summed E-state index contributed by atoms with van der Waals surface area (Å²) >= 11 is 7.55. The van der Waals surface area contributed by atoms with Gasteiger partial charge in [0, 0.05) is 29.3 Å². The maximum absolute atomic E-state index is 13.1. The molecule has 1 fully saturated rings. The van der Waals surface area contributed by atoms with E-state index in [0.717, 1.165) is 17.9 Å². The van der Waals surface area contributed by atoms with Crippen LogP contribution in [0, 0.1) is 5.82 Å². The van der Waals surface area contributed by atoms with Gasteiger partial charge in [-0.2, -0.15) is 11.8 Å². The molecule has 0 unspecified atom stereocenters. The number of hydrogen-bond donors (Lipinski definition) is 1. The molecule has 3 rings (SSSR count). The molecule has 1 N–H and O–H groups in total. The Morgan fingerprint density at radius 1 is 1.39 bits per heavy atom. The van der Waals surface area contributed by atoms with Crippen LogP contribution in [0.5, 0.6) is 5.88 Å². The topological polar surface area (TPSA) is 51.2 Å². The summed E-state index contributed by atoms with van der Waals surface area (Å²) in [6, 6.07) is 7.22. The quantitative estimate of drug-likeness (QED) is 0.903. The third-order valence-electron chi connectivity index (χ3n) is 3.35. The number of halogens is 2. The minimum atomic E-state index is -0.529. The van der Waals surface area contributed by atoms with Crippen LogP contribution in [0.15, 0.2) is 36.5 Å². The van der Waals surface area contributed by atoms with Crippen LogP contribution in [0.2, 0.25) is 5.02 Å². The van der Waals surface area contributed by atoms with E-state index in [-0.39, 0.29) is 17.0 Å². The zero-order valence-electron chi connectivity index (χ0n) is 12.1. The zero-order chi connectivity index (χ0) is 16.2. The summed E-state index contributed by atoms with van der Waals surface area (Å²) < 4.78 is 18.9. The van der Waals surface area contributed by atoms with Crippen molar-refractivity contribution in [1.29, 1.82) is 0 Å². The maximum atomic E-state index is 13.1. The van der Waals surface area contributed by atoms with Crippen LogP contribution in [0.25, 0.3) is 0 Å². The number of ether oxygens (including phenoxy) is 1. The monoisotopic (exact) mass is 352 g/mol. The minimum Gasteiger partial charge on any atom is -0.473 e. The third-order valence-corrected chi connectivity index (χ3v) is 4.77. The number of pyridine rings is 1. The number of carbonyl (C=O) groups is 1. The summed E-state index contributed by atoms with van der Waals surface area (Å²) in [5.74, 6) is 1.59. The largest absolute Gasteiger partial charge is 0.473 e. The Kier molecular flexibility index (Phi) is 5.03. The number of carbonyl (C=O) groups excluding carboxylic acids is 1. The molecule has 23 heavy (non-hydrogen) atoms. The van der Waals surface area contributed by atoms with Crippen molar-refractivity contribution in [3.05, 3.63) is 52.9 Å². The van der Waals surface area contributed by atoms with Crippen LogP contribution >= 0.6 is 23.4 Å². The van der Waals surface area contributed by atoms with E-state index < -0.39 is 5.82 Å². The molecule has 4 nitrogen and oxygen atoms in total. The van der Waals surface area contributed by atoms with Crippen molar-refractivity contribution >= 4 is 35.0 Å². The Morgan fingerprint density at radius 2 is 2.26 bits per heavy atom. The standard InChI is InChI=1S/C16H14ClFN2O2S/c17-13-8-11(1-2-14(13)18)20-16(21)10-3-5-19-15(7-10)22-12-4-6-23-9-12/h1-3,5,7-8,12H,4,6,9H2,(H,20,21)/t12-/m1/s1. The summed E-state index contributed by atoms with van der Waals surface area (Å²) in [4.78, 5) is 16.4. The Hall–Kier alpha value is -1.79. The van der Waals surface area contributed by atoms with Gasteiger partial charge in [0.2, 0.25) is 5.88 Å². The van der Waals surface area contributed by atoms with E-state index in [1.165, 1.54) is 24.4 Å². The Balaban J connectivity index is 1.70. The highest BCUT2D eigenvalue weighted by Gasteiger charge is 2.18. The SMILES string of the molecule is O=C(Nc1ccc(F)c(Cl)c1)c1ccnc(O[C@@H]2CCSC2)c1. The first-order chi connectivity index (χ1) is 11.1. The van der Waals surface area contributed by atoms with E-state index in [9.17, 15) is 9.18 Å². The van der Waals surface area contributed by atoms with Crippen molar-refractivity contribution in [2.75, 3.05) is 16.8 Å². The lowest BCUT2D eigenvalue weighted by molar-refractivity contribution is 0.102. The molecule has 0 bridgehead atoms. The first kappa shape index (κ1) is 16.1. The fourth-order valence-corrected chi connectivity index (χ4v) is 3.44. The van der Waals surface area contributed by atoms with Gasteiger partial charge >= 0.3 is 0 Å². The molecule has 0 radical (unpaired) electrons. The highest BCUT2D eigenvalue weighted by atomic mass is 35.5. The van der Waals surface area contributed by atoms with E-state index in [2.05, 4.69) is 10.3 Å². The summed E-state index contributed by atoms with van der Waals surface area (Å²) in [6.45, 7) is 0. The molecule has 0 spiro atoms. The summed E-state index contributed by atoms with van der Waals surface area (Å²) in [7, 11) is 0. The second kappa shape index (κ2) is 7.19. The van der Waals surface area contributed by atoms with Gasteiger partial charge in [0.15, 0.2) is 0 Å². The summed E-state index contributed by atoms with van der Waals surface area (Å²) in [6.07, 6.45) is 2.66. The van der Waals surface area contributed by atoms with Gasteiger partial charge in [-0.05, 0) is 36.4 Å². The Bertz CT molecular complexity index is 723. The molecular formula is C16H14ClFN2O2S. The van der Waals surface area contributed by atoms with Gasteiger partial charge in [0.05, 0.1) is 5.02 Å². The average Bonchev–Trinajstić information content (AvgIpc) is 3.04. The lowest BCUT2D eigenvalue weighted by Crippen LogP contribution is -2.17. The van der Waals surface area contributed by atoms with Crippen molar-refractivity contribution in [3.63, 3.8) is 0 Å². The fraction of sp³-hybridized carbons (Fsp3) is 0.250. The van der Waals surface area contributed by atoms with Gasteiger partial charge in [-0.1, -0.05) is 11.6 Å². The first-order valence-corrected chi connectivity index (χ1v) is 8.62. The molecule has 0 aliphatic carbocycles. The molecule has 1 amide bonds. The molecule has 2 heterocycles. The second-order valence-corrected chi connectivity index (χ2v) is 6.63. The lowest BCUT2D eigenvalue weighted by Gasteiger charge is -2.12. The number of anilines is 1. The van der Waals surface area contributed by atoms with Gasteiger partial charge in [-0.15, -0.1) is 0 Å². The van der Waals surface area contributed by atoms with Gasteiger partial charge in [-0.3, -0.25) is 4.79 Å². The summed E-state index contributed by atoms with van der Waals surface area (Å²) in [5, 5.41) is 2.63. The molecule has 2 aromatic rings. The molecule has 1 aromatic heterocycles. The molecule has 1 aromatic carbocycles. The molecule has 1 aliphatic heterocycles. The van der Waals surface area contributed by atoms with Crippen molar-refractivity contribution in [1.82, 2.24) is 4.98 Å². The lowest BCUT2D eigenvalue weighted by atomic mass is 10.2. The molecule has 7 heteroatoms. The minimum absolute atomic E-state index is 0.0414. The predicted molar refractivity (Wildman–Crippen MR) is 90.0 cm³/mol. The van der Waals surface area contributed by atoms with E-state index in [1.54, 1.807) is 12.1 Å². The van der Waals surface area contributed by atoms with Crippen LogP contribution < -0.4 is 10.1 Å². The van der Waals surface area contributed by atoms with Crippen LogP contribution in [-0.4, -0.2) is 28.5 Å². The summed E-state index contributed by atoms with van der Waals surface area (Å²) in [5.41, 5.74) is 0.842.